The van der Waals surface area contributed by atoms with Crippen LogP contribution in [0.3, 0.4) is 0 Å². The normalized spacial score (nSPS) is 17.4. The molecule has 0 radical (unpaired) electrons. The van der Waals surface area contributed by atoms with Gasteiger partial charge >= 0.3 is 0 Å². The van der Waals surface area contributed by atoms with Gasteiger partial charge in [0.25, 0.3) is 6.01 Å². The molecule has 0 bridgehead atoms. The van der Waals surface area contributed by atoms with Crippen LogP contribution in [0.5, 0.6) is 0 Å². The van der Waals surface area contributed by atoms with Crippen molar-refractivity contribution in [1.29, 1.82) is 0 Å². The predicted molar refractivity (Wildman–Crippen MR) is 103 cm³/mol. The Morgan fingerprint density at radius 2 is 2.37 bits per heavy atom. The molecule has 9 heteroatoms. The lowest BCUT2D eigenvalue weighted by Gasteiger charge is -2.31. The number of carbonyl (C=O) groups is 1. The van der Waals surface area contributed by atoms with Crippen molar-refractivity contribution >= 4 is 34.5 Å². The summed E-state index contributed by atoms with van der Waals surface area (Å²) in [5.74, 6) is 0.382. The van der Waals surface area contributed by atoms with E-state index in [4.69, 9.17) is 4.42 Å². The number of piperidine rings is 1. The molecule has 1 unspecified atom stereocenters. The van der Waals surface area contributed by atoms with Gasteiger partial charge in [-0.15, -0.1) is 21.5 Å². The molecule has 0 spiro atoms. The molecule has 4 rings (SSSR count). The van der Waals surface area contributed by atoms with Gasteiger partial charge in [-0.3, -0.25) is 4.79 Å². The lowest BCUT2D eigenvalue weighted by Crippen LogP contribution is -2.38. The summed E-state index contributed by atoms with van der Waals surface area (Å²) in [5, 5.41) is 13.0. The molecule has 0 aliphatic carbocycles. The first-order chi connectivity index (χ1) is 13.2. The maximum atomic E-state index is 12.3. The second-order valence-corrected chi connectivity index (χ2v) is 8.06. The number of anilines is 1. The molecular formula is C18H22N6O2S. The summed E-state index contributed by atoms with van der Waals surface area (Å²) in [6.45, 7) is 4.19. The predicted octanol–water partition coefficient (Wildman–Crippen LogP) is 2.35. The third-order valence-electron chi connectivity index (χ3n) is 4.65. The second kappa shape index (κ2) is 7.99. The van der Waals surface area contributed by atoms with E-state index in [1.165, 1.54) is 0 Å². The van der Waals surface area contributed by atoms with Gasteiger partial charge in [0, 0.05) is 38.7 Å². The molecule has 3 aromatic heterocycles. The molecule has 8 nitrogen and oxygen atoms in total. The number of fused-ring (bicyclic) bond motifs is 1. The first-order valence-electron chi connectivity index (χ1n) is 9.19. The molecule has 4 heterocycles. The number of nitrogens with one attached hydrogen (secondary N) is 1. The molecule has 142 valence electrons. The Morgan fingerprint density at radius 1 is 1.44 bits per heavy atom. The fraction of sp³-hybridized carbons (Fsp3) is 0.500. The van der Waals surface area contributed by atoms with Gasteiger partial charge in [0.15, 0.2) is 5.58 Å². The van der Waals surface area contributed by atoms with Gasteiger partial charge in [-0.25, -0.2) is 4.98 Å². The van der Waals surface area contributed by atoms with Crippen molar-refractivity contribution in [2.24, 2.45) is 5.92 Å². The Labute approximate surface area is 161 Å². The van der Waals surface area contributed by atoms with E-state index in [0.29, 0.717) is 36.1 Å². The maximum Gasteiger partial charge on any atom is 0.299 e. The van der Waals surface area contributed by atoms with Crippen LogP contribution in [0.25, 0.3) is 11.2 Å². The number of hydrogen-bond donors (Lipinski definition) is 1. The van der Waals surface area contributed by atoms with Crippen LogP contribution in [0.1, 0.15) is 29.3 Å². The molecule has 1 N–H and O–H groups in total. The first-order valence-corrected chi connectivity index (χ1v) is 10.0. The Balaban J connectivity index is 1.28. The van der Waals surface area contributed by atoms with E-state index < -0.39 is 0 Å². The van der Waals surface area contributed by atoms with Crippen LogP contribution < -0.4 is 10.2 Å². The zero-order valence-electron chi connectivity index (χ0n) is 15.2. The lowest BCUT2D eigenvalue weighted by atomic mass is 9.94. The zero-order chi connectivity index (χ0) is 18.6. The zero-order valence-corrected chi connectivity index (χ0v) is 16.0. The third kappa shape index (κ3) is 4.41. The number of oxazole rings is 1. The maximum absolute atomic E-state index is 12.3. The van der Waals surface area contributed by atoms with Crippen molar-refractivity contribution in [3.8, 4) is 0 Å². The van der Waals surface area contributed by atoms with Crippen LogP contribution in [0, 0.1) is 12.8 Å². The highest BCUT2D eigenvalue weighted by molar-refractivity contribution is 7.11. The summed E-state index contributed by atoms with van der Waals surface area (Å²) in [7, 11) is 0. The van der Waals surface area contributed by atoms with Crippen molar-refractivity contribution in [2.75, 3.05) is 24.5 Å². The lowest BCUT2D eigenvalue weighted by molar-refractivity contribution is -0.122. The molecule has 0 saturated carbocycles. The molecule has 1 fully saturated rings. The largest absolute Gasteiger partial charge is 0.422 e. The minimum Gasteiger partial charge on any atom is -0.422 e. The van der Waals surface area contributed by atoms with Gasteiger partial charge in [0.1, 0.15) is 10.0 Å². The monoisotopic (exact) mass is 386 g/mol. The van der Waals surface area contributed by atoms with Crippen LogP contribution in [0.15, 0.2) is 22.7 Å². The topological polar surface area (TPSA) is 97.0 Å². The molecule has 1 aliphatic rings. The molecule has 3 aromatic rings. The van der Waals surface area contributed by atoms with Gasteiger partial charge in [-0.05, 0) is 37.8 Å². The fourth-order valence-corrected chi connectivity index (χ4v) is 4.09. The van der Waals surface area contributed by atoms with E-state index in [9.17, 15) is 4.79 Å². The molecule has 0 aromatic carbocycles. The summed E-state index contributed by atoms with van der Waals surface area (Å²) < 4.78 is 5.82. The summed E-state index contributed by atoms with van der Waals surface area (Å²) in [5.41, 5.74) is 1.32. The smallest absolute Gasteiger partial charge is 0.299 e. The number of pyridine rings is 1. The first kappa shape index (κ1) is 17.8. The average molecular weight is 386 g/mol. The highest BCUT2D eigenvalue weighted by atomic mass is 32.1. The highest BCUT2D eigenvalue weighted by Crippen LogP contribution is 2.26. The second-order valence-electron chi connectivity index (χ2n) is 6.79. The number of aromatic nitrogens is 4. The van der Waals surface area contributed by atoms with Gasteiger partial charge in [-0.2, -0.15) is 4.98 Å². The Bertz CT molecular complexity index is 890. The van der Waals surface area contributed by atoms with Gasteiger partial charge in [0.2, 0.25) is 11.6 Å². The Morgan fingerprint density at radius 3 is 3.19 bits per heavy atom. The number of nitrogens with zero attached hydrogens (tertiary/aromatic N) is 5. The van der Waals surface area contributed by atoms with Gasteiger partial charge < -0.3 is 14.6 Å². The highest BCUT2D eigenvalue weighted by Gasteiger charge is 2.25. The van der Waals surface area contributed by atoms with E-state index in [1.807, 2.05) is 19.1 Å². The number of hydrogen-bond acceptors (Lipinski definition) is 8. The van der Waals surface area contributed by atoms with E-state index in [-0.39, 0.29) is 5.91 Å². The van der Waals surface area contributed by atoms with E-state index in [0.717, 1.165) is 42.4 Å². The third-order valence-corrected chi connectivity index (χ3v) is 5.54. The quantitative estimate of drug-likeness (QED) is 0.694. The minimum absolute atomic E-state index is 0.0855. The van der Waals surface area contributed by atoms with E-state index in [2.05, 4.69) is 30.4 Å². The number of amides is 1. The number of aryl methyl sites for hydroxylation is 1. The minimum atomic E-state index is 0.0855. The molecule has 1 saturated heterocycles. The molecular weight excluding hydrogens is 364 g/mol. The standard InChI is InChI=1S/C18H22N6O2S/c1-12-22-23-16(27-12)6-8-19-15(25)10-13-4-3-9-24(11-13)18-21-17-14(26-18)5-2-7-20-17/h2,5,7,13H,3-4,6,8-11H2,1H3,(H,19,25). The van der Waals surface area contributed by atoms with Gasteiger partial charge in [-0.1, -0.05) is 0 Å². The van der Waals surface area contributed by atoms with Crippen molar-refractivity contribution in [3.05, 3.63) is 28.3 Å². The van der Waals surface area contributed by atoms with Crippen LogP contribution in [-0.4, -0.2) is 45.7 Å². The van der Waals surface area contributed by atoms with Crippen molar-refractivity contribution in [1.82, 2.24) is 25.5 Å². The van der Waals surface area contributed by atoms with Gasteiger partial charge in [0.05, 0.1) is 0 Å². The summed E-state index contributed by atoms with van der Waals surface area (Å²) in [6.07, 6.45) is 5.02. The summed E-state index contributed by atoms with van der Waals surface area (Å²) in [4.78, 5) is 23.1. The van der Waals surface area contributed by atoms with E-state index in [1.54, 1.807) is 17.5 Å². The number of carbonyl (C=O) groups excluding carboxylic acids is 1. The molecule has 1 atom stereocenters. The van der Waals surface area contributed by atoms with Crippen LogP contribution in [0.2, 0.25) is 0 Å². The molecule has 27 heavy (non-hydrogen) atoms. The Kier molecular flexibility index (Phi) is 5.28. The fourth-order valence-electron chi connectivity index (χ4n) is 3.38. The van der Waals surface area contributed by atoms with Crippen molar-refractivity contribution in [2.45, 2.75) is 32.6 Å². The van der Waals surface area contributed by atoms with Crippen LogP contribution in [0.4, 0.5) is 6.01 Å². The Hall–Kier alpha value is -2.55. The molecule has 1 amide bonds. The SMILES string of the molecule is Cc1nnc(CCNC(=O)CC2CCCN(c3nc4ncccc4o3)C2)s1. The number of rotatable bonds is 6. The van der Waals surface area contributed by atoms with Crippen molar-refractivity contribution < 1.29 is 9.21 Å². The summed E-state index contributed by atoms with van der Waals surface area (Å²) in [6, 6.07) is 4.30. The van der Waals surface area contributed by atoms with E-state index >= 15 is 0 Å². The summed E-state index contributed by atoms with van der Waals surface area (Å²) >= 11 is 1.57. The molecule has 1 aliphatic heterocycles. The van der Waals surface area contributed by atoms with Crippen molar-refractivity contribution in [3.63, 3.8) is 0 Å². The average Bonchev–Trinajstić information content (AvgIpc) is 3.28. The van der Waals surface area contributed by atoms with Crippen LogP contribution in [-0.2, 0) is 11.2 Å². The van der Waals surface area contributed by atoms with Crippen LogP contribution >= 0.6 is 11.3 Å².